The summed E-state index contributed by atoms with van der Waals surface area (Å²) < 4.78 is 15.6. The number of nitrogens with zero attached hydrogens (tertiary/aromatic N) is 1. The van der Waals surface area contributed by atoms with Gasteiger partial charge in [0.25, 0.3) is 5.91 Å². The first-order valence-electron chi connectivity index (χ1n) is 8.36. The van der Waals surface area contributed by atoms with Gasteiger partial charge < -0.3 is 19.1 Å². The molecule has 136 valence electrons. The van der Waals surface area contributed by atoms with E-state index in [-0.39, 0.29) is 12.5 Å². The molecule has 0 aromatic heterocycles. The number of hydrogen-bond acceptors (Lipinski definition) is 5. The summed E-state index contributed by atoms with van der Waals surface area (Å²) in [6.07, 6.45) is 0.846. The molecule has 0 radical (unpaired) electrons. The molecule has 0 unspecified atom stereocenters. The number of hydrogen-bond donors (Lipinski definition) is 0. The summed E-state index contributed by atoms with van der Waals surface area (Å²) in [5.74, 6) is 0.243. The second kappa shape index (κ2) is 7.91. The average Bonchev–Trinajstić information content (AvgIpc) is 2.70. The lowest BCUT2D eigenvalue weighted by Gasteiger charge is -2.28. The number of fused-ring (bicyclic) bond motifs is 1. The van der Waals surface area contributed by atoms with Gasteiger partial charge in [0.15, 0.2) is 18.1 Å². The first-order valence-corrected chi connectivity index (χ1v) is 8.36. The van der Waals surface area contributed by atoms with Crippen LogP contribution in [0.2, 0.25) is 0 Å². The van der Waals surface area contributed by atoms with Crippen molar-refractivity contribution >= 4 is 11.9 Å². The van der Waals surface area contributed by atoms with Crippen LogP contribution in [0.1, 0.15) is 21.5 Å². The fraction of sp³-hybridized carbons (Fsp3) is 0.300. The van der Waals surface area contributed by atoms with Crippen molar-refractivity contribution in [1.29, 1.82) is 0 Å². The van der Waals surface area contributed by atoms with Gasteiger partial charge in [0, 0.05) is 13.1 Å². The summed E-state index contributed by atoms with van der Waals surface area (Å²) in [7, 11) is 2.79. The molecule has 0 saturated carbocycles. The van der Waals surface area contributed by atoms with E-state index in [1.165, 1.54) is 31.4 Å². The van der Waals surface area contributed by atoms with Gasteiger partial charge in [-0.25, -0.2) is 4.79 Å². The van der Waals surface area contributed by atoms with E-state index in [9.17, 15) is 9.59 Å². The number of rotatable bonds is 5. The van der Waals surface area contributed by atoms with Crippen LogP contribution in [-0.4, -0.2) is 44.1 Å². The number of methoxy groups -OCH3 is 2. The van der Waals surface area contributed by atoms with Crippen molar-refractivity contribution in [3.8, 4) is 11.5 Å². The number of benzene rings is 2. The Balaban J connectivity index is 1.64. The zero-order valence-electron chi connectivity index (χ0n) is 14.9. The fourth-order valence-corrected chi connectivity index (χ4v) is 2.97. The monoisotopic (exact) mass is 355 g/mol. The number of ether oxygens (including phenoxy) is 3. The smallest absolute Gasteiger partial charge is 0.337 e. The Morgan fingerprint density at radius 1 is 1.04 bits per heavy atom. The zero-order valence-corrected chi connectivity index (χ0v) is 14.9. The molecule has 1 amide bonds. The van der Waals surface area contributed by atoms with E-state index in [0.717, 1.165) is 6.42 Å². The standard InChI is InChI=1S/C20H21NO5/c1-24-18-11-15(20(23)25-2)7-8-17(18)26-13-19(22)21-10-9-14-5-3-4-6-16(14)12-21/h3-8,11H,9-10,12-13H2,1-2H3. The Bertz CT molecular complexity index is 818. The van der Waals surface area contributed by atoms with Crippen molar-refractivity contribution < 1.29 is 23.8 Å². The van der Waals surface area contributed by atoms with Crippen LogP contribution in [-0.2, 0) is 22.5 Å². The second-order valence-corrected chi connectivity index (χ2v) is 5.98. The van der Waals surface area contributed by atoms with E-state index in [1.807, 2.05) is 18.2 Å². The highest BCUT2D eigenvalue weighted by Crippen LogP contribution is 2.28. The van der Waals surface area contributed by atoms with Crippen molar-refractivity contribution in [2.75, 3.05) is 27.4 Å². The number of esters is 1. The maximum atomic E-state index is 12.5. The van der Waals surface area contributed by atoms with E-state index < -0.39 is 5.97 Å². The third-order valence-electron chi connectivity index (χ3n) is 4.42. The predicted molar refractivity (Wildman–Crippen MR) is 95.4 cm³/mol. The molecule has 0 saturated heterocycles. The fourth-order valence-electron chi connectivity index (χ4n) is 2.97. The molecule has 1 aliphatic heterocycles. The van der Waals surface area contributed by atoms with Crippen LogP contribution in [0.5, 0.6) is 11.5 Å². The minimum absolute atomic E-state index is 0.0846. The van der Waals surface area contributed by atoms with Gasteiger partial charge in [-0.05, 0) is 35.7 Å². The van der Waals surface area contributed by atoms with Crippen LogP contribution < -0.4 is 9.47 Å². The third kappa shape index (κ3) is 3.79. The van der Waals surface area contributed by atoms with Crippen LogP contribution in [0.3, 0.4) is 0 Å². The molecule has 1 aliphatic rings. The van der Waals surface area contributed by atoms with Gasteiger partial charge in [0.1, 0.15) is 0 Å². The SMILES string of the molecule is COC(=O)c1ccc(OCC(=O)N2CCc3ccccc3C2)c(OC)c1. The van der Waals surface area contributed by atoms with Crippen LogP contribution in [0.25, 0.3) is 0 Å². The van der Waals surface area contributed by atoms with Crippen molar-refractivity contribution in [2.24, 2.45) is 0 Å². The lowest BCUT2D eigenvalue weighted by atomic mass is 10.00. The van der Waals surface area contributed by atoms with Gasteiger partial charge in [0.2, 0.25) is 0 Å². The first kappa shape index (κ1) is 17.8. The molecular formula is C20H21NO5. The molecule has 0 aliphatic carbocycles. The molecule has 0 N–H and O–H groups in total. The van der Waals surface area contributed by atoms with Crippen molar-refractivity contribution in [1.82, 2.24) is 4.90 Å². The summed E-state index contributed by atoms with van der Waals surface area (Å²) in [6, 6.07) is 12.9. The van der Waals surface area contributed by atoms with E-state index in [1.54, 1.807) is 17.0 Å². The van der Waals surface area contributed by atoms with Crippen LogP contribution >= 0.6 is 0 Å². The number of amides is 1. The average molecular weight is 355 g/mol. The number of carbonyl (C=O) groups excluding carboxylic acids is 2. The normalized spacial score (nSPS) is 12.9. The summed E-state index contributed by atoms with van der Waals surface area (Å²) in [6.45, 7) is 1.19. The van der Waals surface area contributed by atoms with Crippen molar-refractivity contribution in [3.05, 3.63) is 59.2 Å². The Morgan fingerprint density at radius 3 is 2.54 bits per heavy atom. The minimum atomic E-state index is -0.460. The molecule has 0 bridgehead atoms. The summed E-state index contributed by atoms with van der Waals surface area (Å²) >= 11 is 0. The first-order chi connectivity index (χ1) is 12.6. The molecule has 2 aromatic rings. The lowest BCUT2D eigenvalue weighted by molar-refractivity contribution is -0.134. The maximum absolute atomic E-state index is 12.5. The van der Waals surface area contributed by atoms with Crippen molar-refractivity contribution in [3.63, 3.8) is 0 Å². The van der Waals surface area contributed by atoms with Crippen LogP contribution in [0.4, 0.5) is 0 Å². The van der Waals surface area contributed by atoms with E-state index in [2.05, 4.69) is 10.8 Å². The largest absolute Gasteiger partial charge is 0.493 e. The third-order valence-corrected chi connectivity index (χ3v) is 4.42. The molecule has 6 nitrogen and oxygen atoms in total. The quantitative estimate of drug-likeness (QED) is 0.771. The molecule has 0 atom stereocenters. The Kier molecular flexibility index (Phi) is 5.41. The zero-order chi connectivity index (χ0) is 18.5. The van der Waals surface area contributed by atoms with E-state index in [0.29, 0.717) is 30.2 Å². The minimum Gasteiger partial charge on any atom is -0.493 e. The van der Waals surface area contributed by atoms with Gasteiger partial charge in [-0.1, -0.05) is 24.3 Å². The molecule has 2 aromatic carbocycles. The highest BCUT2D eigenvalue weighted by Gasteiger charge is 2.21. The second-order valence-electron chi connectivity index (χ2n) is 5.98. The summed E-state index contributed by atoms with van der Waals surface area (Å²) in [4.78, 5) is 25.9. The van der Waals surface area contributed by atoms with E-state index >= 15 is 0 Å². The molecule has 0 spiro atoms. The van der Waals surface area contributed by atoms with Gasteiger partial charge in [-0.15, -0.1) is 0 Å². The Morgan fingerprint density at radius 2 is 1.81 bits per heavy atom. The number of carbonyl (C=O) groups is 2. The maximum Gasteiger partial charge on any atom is 0.337 e. The predicted octanol–water partition coefficient (Wildman–Crippen LogP) is 2.45. The summed E-state index contributed by atoms with van der Waals surface area (Å²) in [5, 5.41) is 0. The highest BCUT2D eigenvalue weighted by atomic mass is 16.5. The van der Waals surface area contributed by atoms with Crippen molar-refractivity contribution in [2.45, 2.75) is 13.0 Å². The molecule has 6 heteroatoms. The topological polar surface area (TPSA) is 65.1 Å². The van der Waals surface area contributed by atoms with Gasteiger partial charge in [-0.3, -0.25) is 4.79 Å². The molecule has 0 fully saturated rings. The molecule has 3 rings (SSSR count). The Labute approximate surface area is 152 Å². The van der Waals surface area contributed by atoms with Crippen LogP contribution in [0.15, 0.2) is 42.5 Å². The van der Waals surface area contributed by atoms with E-state index in [4.69, 9.17) is 9.47 Å². The summed E-state index contributed by atoms with van der Waals surface area (Å²) in [5.41, 5.74) is 2.82. The molecular weight excluding hydrogens is 334 g/mol. The Hall–Kier alpha value is -3.02. The van der Waals surface area contributed by atoms with Gasteiger partial charge >= 0.3 is 5.97 Å². The lowest BCUT2D eigenvalue weighted by Crippen LogP contribution is -2.38. The van der Waals surface area contributed by atoms with Crippen LogP contribution in [0, 0.1) is 0 Å². The molecule has 1 heterocycles. The van der Waals surface area contributed by atoms with Gasteiger partial charge in [0.05, 0.1) is 19.8 Å². The molecule has 26 heavy (non-hydrogen) atoms. The van der Waals surface area contributed by atoms with Gasteiger partial charge in [-0.2, -0.15) is 0 Å². The highest BCUT2D eigenvalue weighted by molar-refractivity contribution is 5.90.